The molecule has 3 aromatic rings. The lowest BCUT2D eigenvalue weighted by molar-refractivity contribution is -0.128. The SMILES string of the molecule is COc1cccc(/C=C/C(=O)N(Cc2nnc(-c3ccccc3Cl)o2)C(C)C)c1. The number of amides is 1. The molecule has 0 spiro atoms. The summed E-state index contributed by atoms with van der Waals surface area (Å²) >= 11 is 6.19. The van der Waals surface area contributed by atoms with Gasteiger partial charge in [0.05, 0.1) is 24.2 Å². The number of methoxy groups -OCH3 is 1. The fourth-order valence-corrected chi connectivity index (χ4v) is 2.95. The van der Waals surface area contributed by atoms with Crippen molar-refractivity contribution in [2.45, 2.75) is 26.4 Å². The fourth-order valence-electron chi connectivity index (χ4n) is 2.73. The molecule has 0 saturated carbocycles. The third kappa shape index (κ3) is 5.23. The molecule has 6 nitrogen and oxygen atoms in total. The first-order valence-electron chi connectivity index (χ1n) is 9.18. The van der Waals surface area contributed by atoms with Gasteiger partial charge in [-0.3, -0.25) is 4.79 Å². The third-order valence-corrected chi connectivity index (χ3v) is 4.62. The van der Waals surface area contributed by atoms with Gasteiger partial charge in [0.15, 0.2) is 0 Å². The lowest BCUT2D eigenvalue weighted by Gasteiger charge is -2.23. The molecule has 1 amide bonds. The maximum atomic E-state index is 12.7. The second kappa shape index (κ2) is 9.39. The van der Waals surface area contributed by atoms with Crippen LogP contribution in [0.4, 0.5) is 0 Å². The molecule has 0 atom stereocenters. The summed E-state index contributed by atoms with van der Waals surface area (Å²) in [5.41, 5.74) is 1.54. The van der Waals surface area contributed by atoms with Crippen LogP contribution in [0.1, 0.15) is 25.3 Å². The van der Waals surface area contributed by atoms with Gasteiger partial charge in [-0.1, -0.05) is 35.9 Å². The molecule has 29 heavy (non-hydrogen) atoms. The minimum atomic E-state index is -0.152. The van der Waals surface area contributed by atoms with E-state index in [1.54, 1.807) is 24.2 Å². The Kier molecular flexibility index (Phi) is 6.67. The standard InChI is InChI=1S/C22H22ClN3O3/c1-15(2)26(21(27)12-11-16-7-6-8-17(13-16)28-3)14-20-24-25-22(29-20)18-9-4-5-10-19(18)23/h4-13,15H,14H2,1-3H3/b12-11+. The predicted molar refractivity (Wildman–Crippen MR) is 112 cm³/mol. The lowest BCUT2D eigenvalue weighted by atomic mass is 10.2. The molecule has 2 aromatic carbocycles. The van der Waals surface area contributed by atoms with Crippen molar-refractivity contribution in [1.29, 1.82) is 0 Å². The molecule has 0 N–H and O–H groups in total. The van der Waals surface area contributed by atoms with Gasteiger partial charge in [0.25, 0.3) is 0 Å². The van der Waals surface area contributed by atoms with E-state index in [9.17, 15) is 4.79 Å². The Morgan fingerprint density at radius 2 is 2.00 bits per heavy atom. The van der Waals surface area contributed by atoms with E-state index in [1.807, 2.05) is 56.3 Å². The number of hydrogen-bond donors (Lipinski definition) is 0. The van der Waals surface area contributed by atoms with Crippen molar-refractivity contribution in [2.24, 2.45) is 0 Å². The van der Waals surface area contributed by atoms with Crippen molar-refractivity contribution in [3.63, 3.8) is 0 Å². The van der Waals surface area contributed by atoms with E-state index in [2.05, 4.69) is 10.2 Å². The van der Waals surface area contributed by atoms with E-state index in [1.165, 1.54) is 6.08 Å². The van der Waals surface area contributed by atoms with Gasteiger partial charge in [-0.05, 0) is 49.8 Å². The average molecular weight is 412 g/mol. The highest BCUT2D eigenvalue weighted by Crippen LogP contribution is 2.26. The van der Waals surface area contributed by atoms with Gasteiger partial charge >= 0.3 is 0 Å². The minimum absolute atomic E-state index is 0.0480. The first kappa shape index (κ1) is 20.6. The highest BCUT2D eigenvalue weighted by molar-refractivity contribution is 6.33. The Bertz CT molecular complexity index is 1010. The smallest absolute Gasteiger partial charge is 0.249 e. The number of carbonyl (C=O) groups is 1. The van der Waals surface area contributed by atoms with Gasteiger partial charge in [-0.2, -0.15) is 0 Å². The maximum Gasteiger partial charge on any atom is 0.249 e. The number of aromatic nitrogens is 2. The van der Waals surface area contributed by atoms with Crippen LogP contribution in [0.5, 0.6) is 5.75 Å². The molecular formula is C22H22ClN3O3. The summed E-state index contributed by atoms with van der Waals surface area (Å²) in [6, 6.07) is 14.7. The van der Waals surface area contributed by atoms with Gasteiger partial charge in [0.2, 0.25) is 17.7 Å². The second-order valence-corrected chi connectivity index (χ2v) is 7.06. The van der Waals surface area contributed by atoms with E-state index >= 15 is 0 Å². The van der Waals surface area contributed by atoms with Crippen molar-refractivity contribution < 1.29 is 13.9 Å². The van der Waals surface area contributed by atoms with Gasteiger partial charge in [0, 0.05) is 12.1 Å². The number of nitrogens with zero attached hydrogens (tertiary/aromatic N) is 3. The Hall–Kier alpha value is -3.12. The molecule has 3 rings (SSSR count). The van der Waals surface area contributed by atoms with Crippen LogP contribution in [0.3, 0.4) is 0 Å². The molecule has 0 fully saturated rings. The highest BCUT2D eigenvalue weighted by atomic mass is 35.5. The van der Waals surface area contributed by atoms with Crippen molar-refractivity contribution in [3.05, 3.63) is 71.1 Å². The molecule has 1 heterocycles. The van der Waals surface area contributed by atoms with Crippen molar-refractivity contribution in [1.82, 2.24) is 15.1 Å². The summed E-state index contributed by atoms with van der Waals surface area (Å²) in [5.74, 6) is 1.25. The van der Waals surface area contributed by atoms with E-state index < -0.39 is 0 Å². The fraction of sp³-hybridized carbons (Fsp3) is 0.227. The number of halogens is 1. The predicted octanol–water partition coefficient (Wildman–Crippen LogP) is 4.85. The first-order valence-corrected chi connectivity index (χ1v) is 9.55. The number of carbonyl (C=O) groups excluding carboxylic acids is 1. The monoisotopic (exact) mass is 411 g/mol. The van der Waals surface area contributed by atoms with Crippen molar-refractivity contribution in [3.8, 4) is 17.2 Å². The van der Waals surface area contributed by atoms with Gasteiger partial charge in [0.1, 0.15) is 5.75 Å². The maximum absolute atomic E-state index is 12.7. The third-order valence-electron chi connectivity index (χ3n) is 4.30. The normalized spacial score (nSPS) is 11.2. The van der Waals surface area contributed by atoms with Crippen LogP contribution < -0.4 is 4.74 Å². The van der Waals surface area contributed by atoms with Crippen LogP contribution >= 0.6 is 11.6 Å². The zero-order valence-corrected chi connectivity index (χ0v) is 17.3. The Labute approximate surface area is 174 Å². The summed E-state index contributed by atoms with van der Waals surface area (Å²) in [7, 11) is 1.61. The Morgan fingerprint density at radius 3 is 2.72 bits per heavy atom. The quantitative estimate of drug-likeness (QED) is 0.520. The largest absolute Gasteiger partial charge is 0.497 e. The summed E-state index contributed by atoms with van der Waals surface area (Å²) in [6.45, 7) is 4.07. The molecule has 0 aliphatic rings. The van der Waals surface area contributed by atoms with Gasteiger partial charge in [-0.15, -0.1) is 10.2 Å². The summed E-state index contributed by atoms with van der Waals surface area (Å²) < 4.78 is 10.9. The molecule has 0 aliphatic heterocycles. The zero-order chi connectivity index (χ0) is 20.8. The molecule has 1 aromatic heterocycles. The number of rotatable bonds is 7. The molecule has 0 saturated heterocycles. The Morgan fingerprint density at radius 1 is 1.21 bits per heavy atom. The van der Waals surface area contributed by atoms with E-state index in [-0.39, 0.29) is 18.5 Å². The topological polar surface area (TPSA) is 68.5 Å². The van der Waals surface area contributed by atoms with Gasteiger partial charge < -0.3 is 14.1 Å². The van der Waals surface area contributed by atoms with Crippen LogP contribution in [0.2, 0.25) is 5.02 Å². The first-order chi connectivity index (χ1) is 14.0. The minimum Gasteiger partial charge on any atom is -0.497 e. The van der Waals surface area contributed by atoms with Crippen LogP contribution in [-0.4, -0.2) is 34.2 Å². The zero-order valence-electron chi connectivity index (χ0n) is 16.5. The van der Waals surface area contributed by atoms with E-state index in [4.69, 9.17) is 20.8 Å². The van der Waals surface area contributed by atoms with E-state index in [0.717, 1.165) is 11.3 Å². The molecule has 0 unspecified atom stereocenters. The van der Waals surface area contributed by atoms with Gasteiger partial charge in [-0.25, -0.2) is 0 Å². The number of ether oxygens (including phenoxy) is 1. The summed E-state index contributed by atoms with van der Waals surface area (Å²) in [6.07, 6.45) is 3.28. The average Bonchev–Trinajstić information content (AvgIpc) is 3.19. The molecule has 7 heteroatoms. The van der Waals surface area contributed by atoms with Crippen molar-refractivity contribution >= 4 is 23.6 Å². The van der Waals surface area contributed by atoms with Crippen LogP contribution in [-0.2, 0) is 11.3 Å². The summed E-state index contributed by atoms with van der Waals surface area (Å²) in [5, 5.41) is 8.66. The van der Waals surface area contributed by atoms with Crippen LogP contribution in [0, 0.1) is 0 Å². The molecular weight excluding hydrogens is 390 g/mol. The highest BCUT2D eigenvalue weighted by Gasteiger charge is 2.19. The Balaban J connectivity index is 1.74. The molecule has 150 valence electrons. The lowest BCUT2D eigenvalue weighted by Crippen LogP contribution is -2.35. The van der Waals surface area contributed by atoms with E-state index in [0.29, 0.717) is 22.4 Å². The van der Waals surface area contributed by atoms with Crippen LogP contribution in [0.15, 0.2) is 59.0 Å². The molecule has 0 radical (unpaired) electrons. The summed E-state index contributed by atoms with van der Waals surface area (Å²) in [4.78, 5) is 14.4. The van der Waals surface area contributed by atoms with Crippen LogP contribution in [0.25, 0.3) is 17.5 Å². The second-order valence-electron chi connectivity index (χ2n) is 6.65. The molecule has 0 bridgehead atoms. The number of benzene rings is 2. The molecule has 0 aliphatic carbocycles. The van der Waals surface area contributed by atoms with Crippen molar-refractivity contribution in [2.75, 3.05) is 7.11 Å². The number of hydrogen-bond acceptors (Lipinski definition) is 5.